The van der Waals surface area contributed by atoms with E-state index in [2.05, 4.69) is 58.3 Å². The smallest absolute Gasteiger partial charge is 0.303 e. The van der Waals surface area contributed by atoms with Crippen LogP contribution in [0.2, 0.25) is 0 Å². The molecule has 0 aliphatic carbocycles. The van der Waals surface area contributed by atoms with Gasteiger partial charge < -0.3 is 30.1 Å². The normalized spacial score (nSPS) is 20.8. The Morgan fingerprint density at radius 3 is 2.24 bits per heavy atom. The molecule has 11 nitrogen and oxygen atoms in total. The van der Waals surface area contributed by atoms with Crippen molar-refractivity contribution in [3.05, 3.63) is 49.1 Å². The van der Waals surface area contributed by atoms with E-state index in [1.165, 1.54) is 30.1 Å². The molecule has 3 rings (SSSR count). The molecule has 1 aliphatic rings. The van der Waals surface area contributed by atoms with Crippen molar-refractivity contribution in [2.75, 3.05) is 25.6 Å². The predicted molar refractivity (Wildman–Crippen MR) is 160 cm³/mol. The fraction of sp³-hybridized carbons (Fsp3) is 0.600. The van der Waals surface area contributed by atoms with Crippen LogP contribution in [0.15, 0.2) is 49.1 Å². The first-order chi connectivity index (χ1) is 19.8. The summed E-state index contributed by atoms with van der Waals surface area (Å²) in [6.07, 6.45) is 22.2. The summed E-state index contributed by atoms with van der Waals surface area (Å²) in [5, 5.41) is 37.6. The first-order valence-corrected chi connectivity index (χ1v) is 14.5. The lowest BCUT2D eigenvalue weighted by molar-refractivity contribution is -0.137. The van der Waals surface area contributed by atoms with Crippen molar-refractivity contribution < 1.29 is 30.0 Å². The number of anilines is 1. The van der Waals surface area contributed by atoms with E-state index < -0.39 is 30.5 Å². The van der Waals surface area contributed by atoms with Gasteiger partial charge in [-0.15, -0.1) is 0 Å². The minimum atomic E-state index is -1.17. The molecule has 2 aromatic heterocycles. The molecule has 3 heterocycles. The number of fused-ring (bicyclic) bond motifs is 1. The van der Waals surface area contributed by atoms with Crippen molar-refractivity contribution in [3.8, 4) is 0 Å². The van der Waals surface area contributed by atoms with Gasteiger partial charge in [-0.2, -0.15) is 0 Å². The van der Waals surface area contributed by atoms with Crippen LogP contribution in [0.4, 0.5) is 5.82 Å². The Labute approximate surface area is 242 Å². The molecule has 0 amide bonds. The number of aliphatic hydroxyl groups excluding tert-OH is 3. The highest BCUT2D eigenvalue weighted by Crippen LogP contribution is 2.32. The molecule has 4 N–H and O–H groups in total. The van der Waals surface area contributed by atoms with Gasteiger partial charge in [-0.1, -0.05) is 62.6 Å². The molecule has 0 aromatic carbocycles. The quantitative estimate of drug-likeness (QED) is 0.170. The van der Waals surface area contributed by atoms with E-state index in [0.29, 0.717) is 23.4 Å². The van der Waals surface area contributed by atoms with Crippen molar-refractivity contribution in [3.63, 3.8) is 0 Å². The van der Waals surface area contributed by atoms with Crippen molar-refractivity contribution >= 4 is 23.0 Å². The van der Waals surface area contributed by atoms with Crippen molar-refractivity contribution in [1.82, 2.24) is 19.5 Å². The van der Waals surface area contributed by atoms with Gasteiger partial charge in [0.15, 0.2) is 23.2 Å². The number of hydrogen-bond donors (Lipinski definition) is 4. The Kier molecular flexibility index (Phi) is 15.9. The van der Waals surface area contributed by atoms with Gasteiger partial charge in [-0.3, -0.25) is 9.36 Å². The van der Waals surface area contributed by atoms with Crippen molar-refractivity contribution in [2.45, 2.75) is 95.7 Å². The number of aliphatic carboxylic acids is 1. The second-order valence-electron chi connectivity index (χ2n) is 10.1. The molecule has 2 aromatic rings. The molecule has 4 atom stereocenters. The van der Waals surface area contributed by atoms with Crippen LogP contribution in [0, 0.1) is 0 Å². The number of hydrogen-bond acceptors (Lipinski definition) is 9. The minimum absolute atomic E-state index is 0.319. The Morgan fingerprint density at radius 2 is 1.61 bits per heavy atom. The van der Waals surface area contributed by atoms with Gasteiger partial charge >= 0.3 is 5.97 Å². The number of nitrogens with zero attached hydrogens (tertiary/aromatic N) is 5. The number of carboxylic acids is 1. The van der Waals surface area contributed by atoms with Gasteiger partial charge in [-0.05, 0) is 38.5 Å². The third kappa shape index (κ3) is 11.3. The fourth-order valence-electron chi connectivity index (χ4n) is 4.36. The zero-order chi connectivity index (χ0) is 30.0. The number of imidazole rings is 1. The van der Waals surface area contributed by atoms with E-state index in [0.717, 1.165) is 44.9 Å². The first kappa shape index (κ1) is 34.1. The Balaban J connectivity index is 0.000000288. The van der Waals surface area contributed by atoms with Crippen LogP contribution in [0.1, 0.15) is 77.4 Å². The largest absolute Gasteiger partial charge is 0.481 e. The van der Waals surface area contributed by atoms with Gasteiger partial charge in [0, 0.05) is 20.5 Å². The average Bonchev–Trinajstić information content (AvgIpc) is 3.51. The van der Waals surface area contributed by atoms with E-state index in [4.69, 9.17) is 14.9 Å². The van der Waals surface area contributed by atoms with Gasteiger partial charge in [0.05, 0.1) is 12.9 Å². The van der Waals surface area contributed by atoms with Gasteiger partial charge in [0.1, 0.15) is 24.6 Å². The number of allylic oxidation sites excluding steroid dienone is 6. The lowest BCUT2D eigenvalue weighted by Gasteiger charge is -2.17. The van der Waals surface area contributed by atoms with E-state index >= 15 is 0 Å². The number of unbranched alkanes of at least 4 members (excludes halogenated alkanes) is 5. The molecular formula is C30H47N5O6. The summed E-state index contributed by atoms with van der Waals surface area (Å²) < 4.78 is 7.02. The molecule has 11 heteroatoms. The molecule has 1 saturated heterocycles. The summed E-state index contributed by atoms with van der Waals surface area (Å²) in [5.41, 5.74) is 1.06. The average molecular weight is 574 g/mol. The summed E-state index contributed by atoms with van der Waals surface area (Å²) >= 11 is 0. The molecule has 0 radical (unpaired) electrons. The summed E-state index contributed by atoms with van der Waals surface area (Å²) in [6, 6.07) is 0. The number of ether oxygens (including phenoxy) is 1. The van der Waals surface area contributed by atoms with E-state index in [1.54, 1.807) is 4.90 Å². The highest BCUT2D eigenvalue weighted by Gasteiger charge is 2.44. The molecule has 0 saturated carbocycles. The molecule has 41 heavy (non-hydrogen) atoms. The Hall–Kier alpha value is -3.12. The van der Waals surface area contributed by atoms with E-state index in [1.807, 2.05) is 14.1 Å². The molecular weight excluding hydrogens is 526 g/mol. The number of rotatable bonds is 16. The van der Waals surface area contributed by atoms with Gasteiger partial charge in [0.25, 0.3) is 0 Å². The fourth-order valence-corrected chi connectivity index (χ4v) is 4.36. The van der Waals surface area contributed by atoms with Gasteiger partial charge in [0.2, 0.25) is 0 Å². The third-order valence-corrected chi connectivity index (χ3v) is 6.60. The first-order valence-electron chi connectivity index (χ1n) is 14.5. The van der Waals surface area contributed by atoms with Crippen LogP contribution in [-0.2, 0) is 9.53 Å². The van der Waals surface area contributed by atoms with Crippen LogP contribution in [0.3, 0.4) is 0 Å². The zero-order valence-electron chi connectivity index (χ0n) is 24.5. The summed E-state index contributed by atoms with van der Waals surface area (Å²) in [7, 11) is 3.68. The maximum absolute atomic E-state index is 10.3. The second kappa shape index (κ2) is 19.1. The van der Waals surface area contributed by atoms with E-state index in [-0.39, 0.29) is 6.61 Å². The monoisotopic (exact) mass is 573 g/mol. The molecule has 1 fully saturated rings. The number of carboxylic acid groups (broad SMARTS) is 1. The van der Waals surface area contributed by atoms with Crippen LogP contribution in [-0.4, -0.2) is 84.9 Å². The van der Waals surface area contributed by atoms with Gasteiger partial charge in [-0.25, -0.2) is 15.0 Å². The maximum atomic E-state index is 10.3. The SMILES string of the molecule is CC/C=C\C/C=C\C/C=C\CCCCCCCC(=O)O.CN(C)c1ncnc2c1ncn2[C@@H]1O[C@H](CO)[C@@H](O)[C@H]1O. The standard InChI is InChI=1S/C18H30O2.C12H17N5O4/c1-2-3-4-5-6-7-8-9-10-11-12-13-14-15-16-17-18(19)20;1-16(2)10-7-11(14-4-13-10)17(5-15-7)12-9(20)8(19)6(3-18)21-12/h3-4,6-7,9-10H,2,5,8,11-17H2,1H3,(H,19,20);4-6,8-9,12,18-20H,3H2,1-2H3/b4-3-,7-6-,10-9-;/t;6-,8-,9-,12-/m.1/s1. The lowest BCUT2D eigenvalue weighted by atomic mass is 10.1. The molecule has 1 aliphatic heterocycles. The summed E-state index contributed by atoms with van der Waals surface area (Å²) in [4.78, 5) is 24.7. The maximum Gasteiger partial charge on any atom is 0.303 e. The molecule has 0 unspecified atom stereocenters. The third-order valence-electron chi connectivity index (χ3n) is 6.60. The van der Waals surface area contributed by atoms with Crippen LogP contribution < -0.4 is 4.90 Å². The predicted octanol–water partition coefficient (Wildman–Crippen LogP) is 4.16. The van der Waals surface area contributed by atoms with Crippen molar-refractivity contribution in [2.24, 2.45) is 0 Å². The highest BCUT2D eigenvalue weighted by molar-refractivity contribution is 5.83. The number of aromatic nitrogens is 4. The molecule has 0 bridgehead atoms. The van der Waals surface area contributed by atoms with E-state index in [9.17, 15) is 15.0 Å². The number of carbonyl (C=O) groups is 1. The molecule has 228 valence electrons. The van der Waals surface area contributed by atoms with Crippen LogP contribution >= 0.6 is 0 Å². The minimum Gasteiger partial charge on any atom is -0.481 e. The summed E-state index contributed by atoms with van der Waals surface area (Å²) in [6.45, 7) is 1.77. The Morgan fingerprint density at radius 1 is 0.951 bits per heavy atom. The van der Waals surface area contributed by atoms with Crippen LogP contribution in [0.5, 0.6) is 0 Å². The zero-order valence-corrected chi connectivity index (χ0v) is 24.5. The lowest BCUT2D eigenvalue weighted by Crippen LogP contribution is -2.33. The topological polar surface area (TPSA) is 154 Å². The summed E-state index contributed by atoms with van der Waals surface area (Å²) in [5.74, 6) is -0.0309. The second-order valence-corrected chi connectivity index (χ2v) is 10.1. The highest BCUT2D eigenvalue weighted by atomic mass is 16.6. The molecule has 0 spiro atoms. The van der Waals surface area contributed by atoms with Crippen molar-refractivity contribution in [1.29, 1.82) is 0 Å². The number of aliphatic hydroxyl groups is 3. The Bertz CT molecular complexity index is 1120. The van der Waals surface area contributed by atoms with Crippen LogP contribution in [0.25, 0.3) is 11.2 Å².